The number of nitrogens with one attached hydrogen (secondary N) is 2. The zero-order valence-electron chi connectivity index (χ0n) is 35.6. The van der Waals surface area contributed by atoms with E-state index in [4.69, 9.17) is 11.3 Å². The van der Waals surface area contributed by atoms with Crippen LogP contribution in [0.5, 0.6) is 5.75 Å². The van der Waals surface area contributed by atoms with Gasteiger partial charge in [0, 0.05) is 97.6 Å². The highest BCUT2D eigenvalue weighted by atomic mass is 16.5. The monoisotopic (exact) mass is 836 g/mol. The van der Waals surface area contributed by atoms with Crippen LogP contribution in [0.3, 0.4) is 0 Å². The van der Waals surface area contributed by atoms with Gasteiger partial charge in [-0.3, -0.25) is 44.1 Å². The van der Waals surface area contributed by atoms with E-state index in [0.717, 1.165) is 80.3 Å². The average molecular weight is 837 g/mol. The zero-order valence-corrected chi connectivity index (χ0v) is 35.6. The number of nitrogens with zero attached hydrogens (tertiary/aromatic N) is 6. The first kappa shape index (κ1) is 41.0. The third-order valence-electron chi connectivity index (χ3n) is 14.0. The summed E-state index contributed by atoms with van der Waals surface area (Å²) in [6, 6.07) is 19.6. The Labute approximate surface area is 361 Å². The lowest BCUT2D eigenvalue weighted by molar-refractivity contribution is -0.163. The second-order valence-electron chi connectivity index (χ2n) is 18.6. The lowest BCUT2D eigenvalue weighted by Gasteiger charge is -2.63. The smallest absolute Gasteiger partial charge is 0.262 e. The number of aromatic nitrogens is 1. The maximum atomic E-state index is 13.7. The van der Waals surface area contributed by atoms with Crippen molar-refractivity contribution in [3.05, 3.63) is 101 Å². The fourth-order valence-electron chi connectivity index (χ4n) is 10.9. The highest BCUT2D eigenvalue weighted by molar-refractivity contribution is 6.23. The predicted molar refractivity (Wildman–Crippen MR) is 234 cm³/mol. The van der Waals surface area contributed by atoms with Crippen LogP contribution in [0.15, 0.2) is 72.9 Å². The Morgan fingerprint density at radius 2 is 1.52 bits per heavy atom. The summed E-state index contributed by atoms with van der Waals surface area (Å²) >= 11 is 0. The van der Waals surface area contributed by atoms with Crippen molar-refractivity contribution in [3.8, 4) is 5.75 Å². The van der Waals surface area contributed by atoms with Crippen molar-refractivity contribution in [2.24, 2.45) is 16.7 Å². The fourth-order valence-corrected chi connectivity index (χ4v) is 10.9. The number of hydrogen-bond donors (Lipinski definition) is 2. The van der Waals surface area contributed by atoms with E-state index in [1.54, 1.807) is 24.4 Å². The number of ether oxygens (including phenoxy) is 1. The van der Waals surface area contributed by atoms with Gasteiger partial charge < -0.3 is 19.9 Å². The molecule has 0 spiro atoms. The van der Waals surface area contributed by atoms with Crippen LogP contribution < -0.4 is 25.2 Å². The van der Waals surface area contributed by atoms with Gasteiger partial charge in [0.25, 0.3) is 17.7 Å². The Morgan fingerprint density at radius 1 is 0.839 bits per heavy atom. The minimum absolute atomic E-state index is 0.0906. The topological polar surface area (TPSA) is 149 Å². The van der Waals surface area contributed by atoms with Crippen molar-refractivity contribution >= 4 is 57.5 Å². The molecule has 9 rings (SSSR count). The molecule has 2 N–H and O–H groups in total. The molecule has 0 bridgehead atoms. The molecule has 3 saturated heterocycles. The van der Waals surface area contributed by atoms with Crippen LogP contribution in [0.1, 0.15) is 84.5 Å². The number of piperazine rings is 1. The minimum atomic E-state index is -0.975. The average Bonchev–Trinajstić information content (AvgIpc) is 3.52. The van der Waals surface area contributed by atoms with Gasteiger partial charge in [0.05, 0.1) is 23.2 Å². The van der Waals surface area contributed by atoms with Gasteiger partial charge >= 0.3 is 0 Å². The molecule has 14 heteroatoms. The molecule has 1 saturated carbocycles. The minimum Gasteiger partial charge on any atom is -0.489 e. The number of benzene rings is 3. The predicted octanol–water partition coefficient (Wildman–Crippen LogP) is 5.84. The van der Waals surface area contributed by atoms with Crippen molar-refractivity contribution in [1.82, 2.24) is 25.4 Å². The van der Waals surface area contributed by atoms with E-state index in [2.05, 4.69) is 75.0 Å². The molecule has 62 heavy (non-hydrogen) atoms. The highest BCUT2D eigenvalue weighted by Crippen LogP contribution is 2.56. The van der Waals surface area contributed by atoms with Crippen LogP contribution in [0.25, 0.3) is 15.7 Å². The summed E-state index contributed by atoms with van der Waals surface area (Å²) in [5.41, 5.74) is 3.62. The molecule has 0 radical (unpaired) electrons. The van der Waals surface area contributed by atoms with Gasteiger partial charge in [0.1, 0.15) is 17.9 Å². The Hall–Kier alpha value is -6.33. The van der Waals surface area contributed by atoms with Gasteiger partial charge in [0.15, 0.2) is 0 Å². The molecule has 5 aliphatic rings. The molecule has 4 fully saturated rings. The van der Waals surface area contributed by atoms with Crippen LogP contribution in [0, 0.1) is 23.3 Å². The number of anilines is 2. The van der Waals surface area contributed by atoms with E-state index >= 15 is 0 Å². The van der Waals surface area contributed by atoms with Crippen molar-refractivity contribution in [2.75, 3.05) is 55.6 Å². The highest BCUT2D eigenvalue weighted by Gasteiger charge is 2.64. The van der Waals surface area contributed by atoms with E-state index in [9.17, 15) is 24.0 Å². The summed E-state index contributed by atoms with van der Waals surface area (Å²) in [7, 11) is 0. The van der Waals surface area contributed by atoms with Crippen molar-refractivity contribution in [1.29, 1.82) is 0 Å². The SMILES string of the molecule is [C-]#[N+]c1ccc(OC2C(C)(C)C(NC(=O)c3ccc(N4CCC(CN5CCN(c6ccc7c(c6)C(=O)N(C6CCC(=O)NC6=O)C7=O)CC5)CC4)cc3)C2(C)C)c2cccnc12. The lowest BCUT2D eigenvalue weighted by atomic mass is 9.49. The molecule has 5 heterocycles. The Bertz CT molecular complexity index is 2500. The van der Waals surface area contributed by atoms with E-state index < -0.39 is 29.7 Å². The summed E-state index contributed by atoms with van der Waals surface area (Å²) in [5.74, 6) is -0.809. The summed E-state index contributed by atoms with van der Waals surface area (Å²) in [4.78, 5) is 80.5. The van der Waals surface area contributed by atoms with Crippen LogP contribution in [0.4, 0.5) is 17.1 Å². The van der Waals surface area contributed by atoms with Gasteiger partial charge in [-0.25, -0.2) is 4.85 Å². The van der Waals surface area contributed by atoms with Crippen LogP contribution >= 0.6 is 0 Å². The first-order chi connectivity index (χ1) is 29.7. The normalized spacial score (nSPS) is 23.7. The number of rotatable bonds is 9. The van der Waals surface area contributed by atoms with E-state index in [1.165, 1.54) is 0 Å². The van der Waals surface area contributed by atoms with Crippen molar-refractivity contribution in [3.63, 3.8) is 0 Å². The third-order valence-corrected chi connectivity index (χ3v) is 14.0. The molecule has 4 aromatic rings. The summed E-state index contributed by atoms with van der Waals surface area (Å²) in [6.45, 7) is 22.4. The molecular formula is C48H52N8O6. The Balaban J connectivity index is 0.740. The summed E-state index contributed by atoms with van der Waals surface area (Å²) < 4.78 is 6.67. The summed E-state index contributed by atoms with van der Waals surface area (Å²) in [5, 5.41) is 6.38. The zero-order chi connectivity index (χ0) is 43.5. The van der Waals surface area contributed by atoms with E-state index in [-0.39, 0.29) is 41.7 Å². The molecule has 1 unspecified atom stereocenters. The maximum Gasteiger partial charge on any atom is 0.262 e. The third kappa shape index (κ3) is 7.21. The largest absolute Gasteiger partial charge is 0.489 e. The van der Waals surface area contributed by atoms with E-state index in [0.29, 0.717) is 39.6 Å². The van der Waals surface area contributed by atoms with E-state index in [1.807, 2.05) is 36.4 Å². The standard InChI is InChI=1S/C48H52N8O6/c1-47(2)45(48(3,4)46(47)62-38-16-14-36(49-5)40-34(38)7-6-20-50-40)52-41(58)30-8-10-31(11-9-30)54-21-18-29(19-22-54)28-53-23-25-55(26-24-53)32-12-13-33-35(27-32)44(61)56(43(33)60)37-15-17-39(57)51-42(37)59/h6-14,16,20,27,29,37,45-46H,15,17-19,21-26,28H2,1-4H3,(H,52,58)(H,51,57,59). The number of pyridine rings is 1. The molecule has 4 aliphatic heterocycles. The molecule has 1 aromatic heterocycles. The van der Waals surface area contributed by atoms with Gasteiger partial charge in [-0.2, -0.15) is 0 Å². The Morgan fingerprint density at radius 3 is 2.21 bits per heavy atom. The number of piperidine rings is 2. The second-order valence-corrected chi connectivity index (χ2v) is 18.6. The van der Waals surface area contributed by atoms with Gasteiger partial charge in [-0.1, -0.05) is 33.8 Å². The second kappa shape index (κ2) is 15.9. The van der Waals surface area contributed by atoms with Crippen LogP contribution in [-0.4, -0.2) is 108 Å². The van der Waals surface area contributed by atoms with Gasteiger partial charge in [-0.05, 0) is 85.8 Å². The molecule has 320 valence electrons. The number of carbonyl (C=O) groups is 5. The maximum absolute atomic E-state index is 13.7. The molecule has 3 aromatic carbocycles. The molecule has 1 aliphatic carbocycles. The van der Waals surface area contributed by atoms with Gasteiger partial charge in [-0.15, -0.1) is 0 Å². The fraction of sp³-hybridized carbons (Fsp3) is 0.438. The molecule has 5 amide bonds. The Kier molecular flexibility index (Phi) is 10.5. The quantitative estimate of drug-likeness (QED) is 0.156. The van der Waals surface area contributed by atoms with Crippen molar-refractivity contribution < 1.29 is 28.7 Å². The summed E-state index contributed by atoms with van der Waals surface area (Å²) in [6.07, 6.45) is 3.89. The number of amides is 5. The number of hydrogen-bond acceptors (Lipinski definition) is 10. The molecule has 1 atom stereocenters. The molecular weight excluding hydrogens is 785 g/mol. The van der Waals surface area contributed by atoms with Crippen LogP contribution in [0.2, 0.25) is 0 Å². The van der Waals surface area contributed by atoms with Crippen LogP contribution in [-0.2, 0) is 9.59 Å². The lowest BCUT2D eigenvalue weighted by Crippen LogP contribution is -2.74. The molecule has 14 nitrogen and oxygen atoms in total. The van der Waals surface area contributed by atoms with Gasteiger partial charge in [0.2, 0.25) is 17.5 Å². The first-order valence-corrected chi connectivity index (χ1v) is 21.6. The number of imide groups is 2. The first-order valence-electron chi connectivity index (χ1n) is 21.6. The number of carbonyl (C=O) groups excluding carboxylic acids is 5. The number of fused-ring (bicyclic) bond motifs is 2. The van der Waals surface area contributed by atoms with Crippen molar-refractivity contribution in [2.45, 2.75) is 71.6 Å².